The van der Waals surface area contributed by atoms with Crippen molar-refractivity contribution >= 4 is 45.9 Å². The minimum Gasteiger partial charge on any atom is -0.444 e. The summed E-state index contributed by atoms with van der Waals surface area (Å²) in [6, 6.07) is 2.08. The summed E-state index contributed by atoms with van der Waals surface area (Å²) in [5.41, 5.74) is 0.798. The largest absolute Gasteiger partial charge is 0.444 e. The fourth-order valence-electron chi connectivity index (χ4n) is 4.69. The quantitative estimate of drug-likeness (QED) is 0.528. The van der Waals surface area contributed by atoms with E-state index in [0.717, 1.165) is 17.5 Å². The van der Waals surface area contributed by atoms with Crippen LogP contribution in [-0.4, -0.2) is 74.2 Å². The molecule has 36 heavy (non-hydrogen) atoms. The molecule has 3 aromatic rings. The number of hydrogen-bond acceptors (Lipinski definition) is 9. The number of rotatable bonds is 3. The van der Waals surface area contributed by atoms with Crippen LogP contribution in [0.15, 0.2) is 18.7 Å². The summed E-state index contributed by atoms with van der Waals surface area (Å²) >= 11 is 1.26. The zero-order valence-electron chi connectivity index (χ0n) is 20.8. The summed E-state index contributed by atoms with van der Waals surface area (Å²) in [5, 5.41) is 10.6. The molecule has 5 rings (SSSR count). The molecule has 3 aromatic heterocycles. The van der Waals surface area contributed by atoms with Crippen molar-refractivity contribution in [2.75, 3.05) is 36.0 Å². The van der Waals surface area contributed by atoms with Gasteiger partial charge >= 0.3 is 6.09 Å². The van der Waals surface area contributed by atoms with Gasteiger partial charge in [0.05, 0.1) is 17.3 Å². The van der Waals surface area contributed by atoms with E-state index in [2.05, 4.69) is 25.9 Å². The van der Waals surface area contributed by atoms with E-state index in [1.807, 2.05) is 38.5 Å². The zero-order valence-corrected chi connectivity index (χ0v) is 21.6. The summed E-state index contributed by atoms with van der Waals surface area (Å²) in [4.78, 5) is 45.2. The van der Waals surface area contributed by atoms with Gasteiger partial charge in [-0.15, -0.1) is 0 Å². The Balaban J connectivity index is 1.55. The molecule has 11 nitrogen and oxygen atoms in total. The second-order valence-corrected chi connectivity index (χ2v) is 11.0. The smallest absolute Gasteiger partial charge is 0.410 e. The number of hydrogen-bond donors (Lipinski definition) is 0. The number of nitrogens with zero attached hydrogens (tertiary/aromatic N) is 8. The van der Waals surface area contributed by atoms with E-state index in [4.69, 9.17) is 4.74 Å². The van der Waals surface area contributed by atoms with E-state index >= 15 is 0 Å². The molecule has 0 aliphatic carbocycles. The standard InChI is InChI=1S/C24H28N8O3S/c1-15-12-29(23(34)35-24(2,3)4)8-9-30(15)20-19-17(31-7-5-6-18(31)33)13-32(21(19)28-14-27-20)22-26-11-16(10-25)36-22/h11,13-15H,5-9,12H2,1-4H3/t15-/m0/s1. The second-order valence-electron chi connectivity index (χ2n) is 10.0. The molecule has 0 radical (unpaired) electrons. The van der Waals surface area contributed by atoms with Gasteiger partial charge < -0.3 is 19.4 Å². The minimum atomic E-state index is -0.558. The van der Waals surface area contributed by atoms with Crippen LogP contribution in [0.25, 0.3) is 16.2 Å². The lowest BCUT2D eigenvalue weighted by molar-refractivity contribution is -0.117. The number of carbonyl (C=O) groups is 2. The average molecular weight is 509 g/mol. The molecule has 0 N–H and O–H groups in total. The first-order valence-electron chi connectivity index (χ1n) is 11.9. The molecule has 5 heterocycles. The van der Waals surface area contributed by atoms with E-state index in [-0.39, 0.29) is 18.0 Å². The fourth-order valence-corrected chi connectivity index (χ4v) is 5.38. The van der Waals surface area contributed by atoms with Gasteiger partial charge in [-0.1, -0.05) is 11.3 Å². The Bertz CT molecular complexity index is 1370. The Labute approximate surface area is 212 Å². The summed E-state index contributed by atoms with van der Waals surface area (Å²) in [7, 11) is 0. The van der Waals surface area contributed by atoms with Crippen LogP contribution in [0.4, 0.5) is 16.3 Å². The van der Waals surface area contributed by atoms with Crippen molar-refractivity contribution in [2.45, 2.75) is 52.2 Å². The van der Waals surface area contributed by atoms with Crippen molar-refractivity contribution in [3.63, 3.8) is 0 Å². The van der Waals surface area contributed by atoms with E-state index in [0.29, 0.717) is 54.1 Å². The summed E-state index contributed by atoms with van der Waals surface area (Å²) in [5.74, 6) is 0.769. The van der Waals surface area contributed by atoms with Crippen LogP contribution < -0.4 is 9.80 Å². The van der Waals surface area contributed by atoms with Crippen LogP contribution in [0.3, 0.4) is 0 Å². The number of aromatic nitrogens is 4. The number of nitriles is 1. The van der Waals surface area contributed by atoms with Gasteiger partial charge in [0.1, 0.15) is 28.7 Å². The molecule has 1 atom stereocenters. The number of amides is 2. The van der Waals surface area contributed by atoms with Crippen LogP contribution in [0, 0.1) is 11.3 Å². The Morgan fingerprint density at radius 2 is 2.03 bits per heavy atom. The number of piperazine rings is 1. The fraction of sp³-hybridized carbons (Fsp3) is 0.500. The Kier molecular flexibility index (Phi) is 6.04. The highest BCUT2D eigenvalue weighted by molar-refractivity contribution is 7.14. The van der Waals surface area contributed by atoms with Gasteiger partial charge in [0.25, 0.3) is 0 Å². The van der Waals surface area contributed by atoms with E-state index in [1.54, 1.807) is 9.80 Å². The van der Waals surface area contributed by atoms with Crippen molar-refractivity contribution in [2.24, 2.45) is 0 Å². The van der Waals surface area contributed by atoms with Crippen molar-refractivity contribution in [3.05, 3.63) is 23.6 Å². The van der Waals surface area contributed by atoms with Gasteiger partial charge in [-0.2, -0.15) is 5.26 Å². The minimum absolute atomic E-state index is 0.0418. The highest BCUT2D eigenvalue weighted by Crippen LogP contribution is 2.39. The molecule has 2 aliphatic rings. The van der Waals surface area contributed by atoms with Gasteiger partial charge in [-0.25, -0.2) is 19.7 Å². The topological polar surface area (TPSA) is 120 Å². The van der Waals surface area contributed by atoms with Crippen molar-refractivity contribution in [1.82, 2.24) is 24.4 Å². The molecule has 2 aliphatic heterocycles. The predicted octanol–water partition coefficient (Wildman–Crippen LogP) is 3.32. The lowest BCUT2D eigenvalue weighted by Crippen LogP contribution is -2.54. The zero-order chi connectivity index (χ0) is 25.6. The average Bonchev–Trinajstić information content (AvgIpc) is 3.55. The Hall–Kier alpha value is -3.72. The first-order chi connectivity index (χ1) is 17.2. The second kappa shape index (κ2) is 9.05. The van der Waals surface area contributed by atoms with Crippen molar-refractivity contribution in [1.29, 1.82) is 5.26 Å². The van der Waals surface area contributed by atoms with Crippen LogP contribution in [-0.2, 0) is 9.53 Å². The first-order valence-corrected chi connectivity index (χ1v) is 12.7. The van der Waals surface area contributed by atoms with E-state index < -0.39 is 5.60 Å². The maximum absolute atomic E-state index is 12.7. The molecular formula is C24H28N8O3S. The number of thiazole rings is 1. The molecule has 0 spiro atoms. The highest BCUT2D eigenvalue weighted by Gasteiger charge is 2.34. The Morgan fingerprint density at radius 1 is 1.22 bits per heavy atom. The molecule has 0 bridgehead atoms. The number of carbonyl (C=O) groups excluding carboxylic acids is 2. The summed E-state index contributed by atoms with van der Waals surface area (Å²) in [6.07, 6.45) is 5.87. The lowest BCUT2D eigenvalue weighted by Gasteiger charge is -2.41. The maximum Gasteiger partial charge on any atom is 0.410 e. The molecule has 0 saturated carbocycles. The predicted molar refractivity (Wildman–Crippen MR) is 135 cm³/mol. The first kappa shape index (κ1) is 24.0. The SMILES string of the molecule is C[C@H]1CN(C(=O)OC(C)(C)C)CCN1c1ncnc2c1c(N1CCCC1=O)cn2-c1ncc(C#N)s1. The van der Waals surface area contributed by atoms with Crippen molar-refractivity contribution in [3.8, 4) is 11.2 Å². The molecule has 2 saturated heterocycles. The van der Waals surface area contributed by atoms with Gasteiger partial charge in [-0.3, -0.25) is 9.36 Å². The third-order valence-corrected chi connectivity index (χ3v) is 7.17. The summed E-state index contributed by atoms with van der Waals surface area (Å²) < 4.78 is 7.39. The molecule has 2 fully saturated rings. The molecule has 188 valence electrons. The number of fused-ring (bicyclic) bond motifs is 1. The van der Waals surface area contributed by atoms with Crippen molar-refractivity contribution < 1.29 is 14.3 Å². The van der Waals surface area contributed by atoms with Gasteiger partial charge in [0, 0.05) is 44.8 Å². The van der Waals surface area contributed by atoms with E-state index in [1.165, 1.54) is 23.9 Å². The van der Waals surface area contributed by atoms with Gasteiger partial charge in [-0.05, 0) is 34.1 Å². The summed E-state index contributed by atoms with van der Waals surface area (Å²) in [6.45, 7) is 9.76. The Morgan fingerprint density at radius 3 is 2.67 bits per heavy atom. The van der Waals surface area contributed by atoms with Crippen LogP contribution >= 0.6 is 11.3 Å². The molecule has 0 unspecified atom stereocenters. The van der Waals surface area contributed by atoms with Gasteiger partial charge in [0.2, 0.25) is 5.91 Å². The number of ether oxygens (including phenoxy) is 1. The molecule has 0 aromatic carbocycles. The third-order valence-electron chi connectivity index (χ3n) is 6.27. The van der Waals surface area contributed by atoms with Crippen LogP contribution in [0.2, 0.25) is 0 Å². The third kappa shape index (κ3) is 4.35. The normalized spacial score (nSPS) is 18.7. The lowest BCUT2D eigenvalue weighted by atomic mass is 10.1. The highest BCUT2D eigenvalue weighted by atomic mass is 32.1. The molecule has 2 amide bonds. The number of anilines is 2. The monoisotopic (exact) mass is 508 g/mol. The van der Waals surface area contributed by atoms with Gasteiger partial charge in [0.15, 0.2) is 10.8 Å². The van der Waals surface area contributed by atoms with Crippen LogP contribution in [0.5, 0.6) is 0 Å². The van der Waals surface area contributed by atoms with Crippen LogP contribution in [0.1, 0.15) is 45.4 Å². The van der Waals surface area contributed by atoms with E-state index in [9.17, 15) is 14.9 Å². The molecule has 12 heteroatoms. The molecular weight excluding hydrogens is 480 g/mol. The maximum atomic E-state index is 12.7.